The van der Waals surface area contributed by atoms with Crippen LogP contribution in [0.5, 0.6) is 0 Å². The van der Waals surface area contributed by atoms with Crippen LogP contribution in [0.3, 0.4) is 0 Å². The van der Waals surface area contributed by atoms with Crippen LogP contribution in [0.25, 0.3) is 0 Å². The van der Waals surface area contributed by atoms with Gasteiger partial charge < -0.3 is 14.2 Å². The van der Waals surface area contributed by atoms with Gasteiger partial charge in [-0.25, -0.2) is 0 Å². The molecule has 6 nitrogen and oxygen atoms in total. The van der Waals surface area contributed by atoms with Gasteiger partial charge in [0.15, 0.2) is 6.10 Å². The minimum Gasteiger partial charge on any atom is -0.462 e. The molecule has 0 N–H and O–H groups in total. The van der Waals surface area contributed by atoms with Crippen molar-refractivity contribution in [3.05, 3.63) is 48.6 Å². The lowest BCUT2D eigenvalue weighted by molar-refractivity contribution is -0.167. The molecule has 0 heterocycles. The van der Waals surface area contributed by atoms with Crippen molar-refractivity contribution in [1.82, 2.24) is 0 Å². The van der Waals surface area contributed by atoms with Gasteiger partial charge in [-0.3, -0.25) is 14.4 Å². The zero-order chi connectivity index (χ0) is 37.3. The molecule has 294 valence electrons. The lowest BCUT2D eigenvalue weighted by atomic mass is 10.1. The molecule has 0 aromatic carbocycles. The molecule has 0 saturated carbocycles. The molecular weight excluding hydrogens is 636 g/mol. The summed E-state index contributed by atoms with van der Waals surface area (Å²) in [4.78, 5) is 37.4. The van der Waals surface area contributed by atoms with Crippen LogP contribution in [0.2, 0.25) is 0 Å². The number of allylic oxidation sites excluding steroid dienone is 8. The molecule has 0 fully saturated rings. The summed E-state index contributed by atoms with van der Waals surface area (Å²) in [6.07, 6.45) is 45.3. The van der Waals surface area contributed by atoms with Crippen molar-refractivity contribution in [2.75, 3.05) is 13.2 Å². The van der Waals surface area contributed by atoms with E-state index in [1.165, 1.54) is 51.4 Å². The summed E-state index contributed by atoms with van der Waals surface area (Å²) < 4.78 is 16.6. The Bertz CT molecular complexity index is 918. The Morgan fingerprint density at radius 2 is 0.765 bits per heavy atom. The molecule has 0 aromatic heterocycles. The van der Waals surface area contributed by atoms with Crippen molar-refractivity contribution in [2.45, 2.75) is 207 Å². The summed E-state index contributed by atoms with van der Waals surface area (Å²) in [5, 5.41) is 0. The van der Waals surface area contributed by atoms with Crippen LogP contribution in [0.4, 0.5) is 0 Å². The summed E-state index contributed by atoms with van der Waals surface area (Å²) >= 11 is 0. The van der Waals surface area contributed by atoms with Gasteiger partial charge in [0, 0.05) is 19.3 Å². The van der Waals surface area contributed by atoms with Crippen molar-refractivity contribution in [1.29, 1.82) is 0 Å². The second kappa shape index (κ2) is 40.1. The highest BCUT2D eigenvalue weighted by Gasteiger charge is 2.19. The third-order valence-corrected chi connectivity index (χ3v) is 8.79. The predicted molar refractivity (Wildman–Crippen MR) is 215 cm³/mol. The second-order valence-electron chi connectivity index (χ2n) is 13.9. The fraction of sp³-hybridized carbons (Fsp3) is 0.756. The van der Waals surface area contributed by atoms with Gasteiger partial charge in [-0.2, -0.15) is 0 Å². The number of unbranched alkanes of at least 4 members (excludes halogenated alkanes) is 18. The van der Waals surface area contributed by atoms with Crippen LogP contribution in [0.1, 0.15) is 201 Å². The SMILES string of the molecule is CCC/C=C\C/C=C\CCCCCCCC(=O)OC(COC(=O)CCCCCCCC)COC(=O)CCCCCCC/C=C\C/C=C\CCCC. The summed E-state index contributed by atoms with van der Waals surface area (Å²) in [7, 11) is 0. The van der Waals surface area contributed by atoms with E-state index in [0.717, 1.165) is 109 Å². The highest BCUT2D eigenvalue weighted by molar-refractivity contribution is 5.71. The van der Waals surface area contributed by atoms with E-state index in [2.05, 4.69) is 69.4 Å². The molecule has 6 heteroatoms. The molecule has 51 heavy (non-hydrogen) atoms. The largest absolute Gasteiger partial charge is 0.462 e. The Kier molecular flexibility index (Phi) is 38.1. The molecule has 1 atom stereocenters. The molecule has 0 aliphatic heterocycles. The molecule has 0 rings (SSSR count). The Hall–Kier alpha value is -2.63. The van der Waals surface area contributed by atoms with Crippen molar-refractivity contribution in [3.63, 3.8) is 0 Å². The number of carbonyl (C=O) groups is 3. The molecule has 0 aromatic rings. The summed E-state index contributed by atoms with van der Waals surface area (Å²) in [5.74, 6) is -0.928. The average Bonchev–Trinajstić information content (AvgIpc) is 3.13. The van der Waals surface area contributed by atoms with Crippen LogP contribution in [-0.2, 0) is 28.6 Å². The standard InChI is InChI=1S/C45H78O6/c1-4-7-10-13-16-18-20-22-24-25-27-29-32-35-38-44(47)50-41-42(40-49-43(46)37-34-31-15-12-9-6-3)51-45(48)39-36-33-30-28-26-23-21-19-17-14-11-8-5-2/h11,13-14,16,19-22,42H,4-10,12,15,17-18,23-41H2,1-3H3/b14-11-,16-13-,21-19-,22-20-. The Balaban J connectivity index is 4.35. The Morgan fingerprint density at radius 1 is 0.392 bits per heavy atom. The molecule has 0 saturated heterocycles. The van der Waals surface area contributed by atoms with Crippen LogP contribution in [0, 0.1) is 0 Å². The zero-order valence-corrected chi connectivity index (χ0v) is 33.4. The van der Waals surface area contributed by atoms with E-state index in [-0.39, 0.29) is 31.1 Å². The molecule has 0 radical (unpaired) electrons. The van der Waals surface area contributed by atoms with Gasteiger partial charge in [0.05, 0.1) is 0 Å². The maximum atomic E-state index is 12.6. The first-order chi connectivity index (χ1) is 25.0. The zero-order valence-electron chi connectivity index (χ0n) is 33.4. The summed E-state index contributed by atoms with van der Waals surface area (Å²) in [6, 6.07) is 0. The summed E-state index contributed by atoms with van der Waals surface area (Å²) in [5.41, 5.74) is 0. The number of esters is 3. The first-order valence-corrected chi connectivity index (χ1v) is 21.1. The normalized spacial score (nSPS) is 12.5. The smallest absolute Gasteiger partial charge is 0.306 e. The molecule has 0 aliphatic carbocycles. The Morgan fingerprint density at radius 3 is 1.22 bits per heavy atom. The van der Waals surface area contributed by atoms with E-state index in [1.54, 1.807) is 0 Å². The topological polar surface area (TPSA) is 78.9 Å². The van der Waals surface area contributed by atoms with E-state index in [1.807, 2.05) is 0 Å². The highest BCUT2D eigenvalue weighted by Crippen LogP contribution is 2.12. The van der Waals surface area contributed by atoms with E-state index >= 15 is 0 Å². The quantitative estimate of drug-likeness (QED) is 0.0276. The van der Waals surface area contributed by atoms with E-state index < -0.39 is 6.10 Å². The first-order valence-electron chi connectivity index (χ1n) is 21.1. The maximum Gasteiger partial charge on any atom is 0.306 e. The van der Waals surface area contributed by atoms with Gasteiger partial charge >= 0.3 is 17.9 Å². The van der Waals surface area contributed by atoms with Crippen LogP contribution >= 0.6 is 0 Å². The van der Waals surface area contributed by atoms with E-state index in [0.29, 0.717) is 19.3 Å². The number of hydrogen-bond donors (Lipinski definition) is 0. The molecule has 0 aliphatic rings. The number of ether oxygens (including phenoxy) is 3. The lowest BCUT2D eigenvalue weighted by Gasteiger charge is -2.18. The van der Waals surface area contributed by atoms with Gasteiger partial charge in [-0.1, -0.05) is 159 Å². The third-order valence-electron chi connectivity index (χ3n) is 8.79. The molecular formula is C45H78O6. The van der Waals surface area contributed by atoms with Gasteiger partial charge in [-0.15, -0.1) is 0 Å². The van der Waals surface area contributed by atoms with Crippen molar-refractivity contribution in [2.24, 2.45) is 0 Å². The van der Waals surface area contributed by atoms with Gasteiger partial charge in [0.2, 0.25) is 0 Å². The van der Waals surface area contributed by atoms with E-state index in [4.69, 9.17) is 14.2 Å². The third kappa shape index (κ3) is 38.4. The predicted octanol–water partition coefficient (Wildman–Crippen LogP) is 13.2. The molecule has 0 amide bonds. The fourth-order valence-electron chi connectivity index (χ4n) is 5.55. The molecule has 0 spiro atoms. The molecule has 0 bridgehead atoms. The minimum atomic E-state index is -0.779. The van der Waals surface area contributed by atoms with Gasteiger partial charge in [0.25, 0.3) is 0 Å². The van der Waals surface area contributed by atoms with Crippen LogP contribution < -0.4 is 0 Å². The minimum absolute atomic E-state index is 0.0841. The Labute approximate surface area is 314 Å². The number of hydrogen-bond acceptors (Lipinski definition) is 6. The highest BCUT2D eigenvalue weighted by atomic mass is 16.6. The summed E-state index contributed by atoms with van der Waals surface area (Å²) in [6.45, 7) is 6.42. The number of carbonyl (C=O) groups excluding carboxylic acids is 3. The lowest BCUT2D eigenvalue weighted by Crippen LogP contribution is -2.30. The van der Waals surface area contributed by atoms with Gasteiger partial charge in [-0.05, 0) is 70.6 Å². The number of rotatable bonds is 37. The van der Waals surface area contributed by atoms with Crippen LogP contribution in [0.15, 0.2) is 48.6 Å². The maximum absolute atomic E-state index is 12.6. The van der Waals surface area contributed by atoms with Gasteiger partial charge in [0.1, 0.15) is 13.2 Å². The monoisotopic (exact) mass is 715 g/mol. The molecule has 1 unspecified atom stereocenters. The van der Waals surface area contributed by atoms with E-state index in [9.17, 15) is 14.4 Å². The van der Waals surface area contributed by atoms with Crippen molar-refractivity contribution < 1.29 is 28.6 Å². The fourth-order valence-corrected chi connectivity index (χ4v) is 5.55. The first kappa shape index (κ1) is 48.4. The second-order valence-corrected chi connectivity index (χ2v) is 13.9. The van der Waals surface area contributed by atoms with Crippen molar-refractivity contribution in [3.8, 4) is 0 Å². The van der Waals surface area contributed by atoms with Crippen LogP contribution in [-0.4, -0.2) is 37.2 Å². The van der Waals surface area contributed by atoms with Crippen molar-refractivity contribution >= 4 is 17.9 Å². The average molecular weight is 715 g/mol.